The van der Waals surface area contributed by atoms with E-state index < -0.39 is 0 Å². The van der Waals surface area contributed by atoms with E-state index in [1.807, 2.05) is 28.8 Å². The Labute approximate surface area is 235 Å². The monoisotopic (exact) mass is 518 g/mol. The van der Waals surface area contributed by atoms with Gasteiger partial charge in [-0.05, 0) is 53.6 Å². The molecule has 3 aromatic carbocycles. The van der Waals surface area contributed by atoms with Crippen molar-refractivity contribution in [2.75, 3.05) is 0 Å². The maximum Gasteiger partial charge on any atom is 0.145 e. The van der Waals surface area contributed by atoms with Gasteiger partial charge in [0.2, 0.25) is 0 Å². The van der Waals surface area contributed by atoms with Gasteiger partial charge in [0, 0.05) is 22.5 Å². The largest absolute Gasteiger partial charge is 0.293 e. The SMILES string of the molecule is C=CC(=C)n1c(-c2ccc(-c3ccc(-c4nc(C=C)c(C=C)n4-c4ccccc4)cc3)cc2)nc(C=C)c1C=C. The number of imidazole rings is 2. The summed E-state index contributed by atoms with van der Waals surface area (Å²) in [6, 6.07) is 26.9. The van der Waals surface area contributed by atoms with Crippen LogP contribution in [0.3, 0.4) is 0 Å². The number of hydrogen-bond acceptors (Lipinski definition) is 2. The van der Waals surface area contributed by atoms with Gasteiger partial charge in [-0.2, -0.15) is 0 Å². The predicted octanol–water partition coefficient (Wildman–Crippen LogP) is 9.30. The second-order valence-electron chi connectivity index (χ2n) is 9.08. The van der Waals surface area contributed by atoms with Gasteiger partial charge in [0.1, 0.15) is 11.6 Å². The predicted molar refractivity (Wildman–Crippen MR) is 172 cm³/mol. The lowest BCUT2D eigenvalue weighted by Gasteiger charge is -2.12. The Kier molecular flexibility index (Phi) is 7.25. The van der Waals surface area contributed by atoms with Crippen LogP contribution in [0.15, 0.2) is 124 Å². The van der Waals surface area contributed by atoms with E-state index in [9.17, 15) is 0 Å². The molecule has 0 fully saturated rings. The van der Waals surface area contributed by atoms with Crippen molar-refractivity contribution in [3.8, 4) is 39.6 Å². The van der Waals surface area contributed by atoms with Crippen molar-refractivity contribution in [1.29, 1.82) is 0 Å². The number of allylic oxidation sites excluding steroid dienone is 2. The number of rotatable bonds is 10. The molecule has 0 N–H and O–H groups in total. The van der Waals surface area contributed by atoms with Crippen LogP contribution in [-0.4, -0.2) is 19.1 Å². The number of hydrogen-bond donors (Lipinski definition) is 0. The number of para-hydroxylation sites is 1. The van der Waals surface area contributed by atoms with Gasteiger partial charge in [0.25, 0.3) is 0 Å². The van der Waals surface area contributed by atoms with Crippen molar-refractivity contribution in [2.24, 2.45) is 0 Å². The lowest BCUT2D eigenvalue weighted by molar-refractivity contribution is 1.05. The fourth-order valence-corrected chi connectivity index (χ4v) is 4.82. The third kappa shape index (κ3) is 4.52. The van der Waals surface area contributed by atoms with Crippen molar-refractivity contribution < 1.29 is 0 Å². The smallest absolute Gasteiger partial charge is 0.145 e. The fourth-order valence-electron chi connectivity index (χ4n) is 4.82. The minimum atomic E-state index is 0.721. The molecular formula is C36H30N4. The van der Waals surface area contributed by atoms with Crippen LogP contribution in [0.5, 0.6) is 0 Å². The summed E-state index contributed by atoms with van der Waals surface area (Å²) in [5, 5.41) is 0. The molecule has 0 saturated carbocycles. The molecule has 4 heteroatoms. The summed E-state index contributed by atoms with van der Waals surface area (Å²) in [4.78, 5) is 9.67. The van der Waals surface area contributed by atoms with E-state index in [1.54, 1.807) is 24.3 Å². The number of benzene rings is 3. The molecule has 0 bridgehead atoms. The van der Waals surface area contributed by atoms with Crippen LogP contribution < -0.4 is 0 Å². The number of aromatic nitrogens is 4. The van der Waals surface area contributed by atoms with Crippen LogP contribution in [0.25, 0.3) is 69.6 Å². The maximum absolute atomic E-state index is 4.88. The Hall–Kier alpha value is -5.48. The van der Waals surface area contributed by atoms with Crippen LogP contribution in [0, 0.1) is 0 Å². The molecule has 5 rings (SSSR count). The van der Waals surface area contributed by atoms with E-state index in [1.165, 1.54) is 0 Å². The van der Waals surface area contributed by atoms with Crippen LogP contribution in [-0.2, 0) is 0 Å². The molecule has 4 nitrogen and oxygen atoms in total. The van der Waals surface area contributed by atoms with E-state index in [2.05, 4.69) is 105 Å². The highest BCUT2D eigenvalue weighted by atomic mass is 15.1. The summed E-state index contributed by atoms with van der Waals surface area (Å²) < 4.78 is 4.06. The van der Waals surface area contributed by atoms with Gasteiger partial charge in [0.05, 0.1) is 22.8 Å². The third-order valence-corrected chi connectivity index (χ3v) is 6.81. The summed E-state index contributed by atoms with van der Waals surface area (Å²) in [6.45, 7) is 23.8. The van der Waals surface area contributed by atoms with Crippen molar-refractivity contribution in [3.63, 3.8) is 0 Å². The van der Waals surface area contributed by atoms with Crippen LogP contribution >= 0.6 is 0 Å². The summed E-state index contributed by atoms with van der Waals surface area (Å²) >= 11 is 0. The molecule has 2 heterocycles. The first-order chi connectivity index (χ1) is 19.5. The van der Waals surface area contributed by atoms with Crippen molar-refractivity contribution in [1.82, 2.24) is 19.1 Å². The average molecular weight is 519 g/mol. The highest BCUT2D eigenvalue weighted by Crippen LogP contribution is 2.32. The zero-order chi connectivity index (χ0) is 28.2. The molecular weight excluding hydrogens is 488 g/mol. The Bertz CT molecular complexity index is 1760. The molecule has 0 aliphatic heterocycles. The highest BCUT2D eigenvalue weighted by molar-refractivity contribution is 5.77. The Morgan fingerprint density at radius 2 is 1.02 bits per heavy atom. The average Bonchev–Trinajstić information content (AvgIpc) is 3.59. The Balaban J connectivity index is 1.51. The van der Waals surface area contributed by atoms with Gasteiger partial charge >= 0.3 is 0 Å². The van der Waals surface area contributed by atoms with Crippen molar-refractivity contribution >= 4 is 30.0 Å². The summed E-state index contributed by atoms with van der Waals surface area (Å²) in [6.07, 6.45) is 8.78. The van der Waals surface area contributed by atoms with E-state index in [4.69, 9.17) is 9.97 Å². The standard InChI is InChI=1S/C36H30N4/c1-7-25(6)39-33(10-4)31(8-2)37-35(39)28-21-17-26(18-22-28)27-19-23-29(24-20-27)36-38-32(9-3)34(11-5)40(36)30-15-13-12-14-16-30/h7-24H,1-6H2. The lowest BCUT2D eigenvalue weighted by Crippen LogP contribution is -1.99. The van der Waals surface area contributed by atoms with Gasteiger partial charge in [0.15, 0.2) is 0 Å². The lowest BCUT2D eigenvalue weighted by atomic mass is 10.0. The van der Waals surface area contributed by atoms with Gasteiger partial charge in [-0.25, -0.2) is 9.97 Å². The zero-order valence-electron chi connectivity index (χ0n) is 22.4. The minimum absolute atomic E-state index is 0.721. The normalized spacial score (nSPS) is 10.6. The highest BCUT2D eigenvalue weighted by Gasteiger charge is 2.18. The van der Waals surface area contributed by atoms with Crippen molar-refractivity contribution in [3.05, 3.63) is 147 Å². The Morgan fingerprint density at radius 3 is 1.52 bits per heavy atom. The maximum atomic E-state index is 4.88. The van der Waals surface area contributed by atoms with Crippen LogP contribution in [0.1, 0.15) is 22.8 Å². The number of nitrogens with zero attached hydrogens (tertiary/aromatic N) is 4. The molecule has 0 aliphatic rings. The molecule has 40 heavy (non-hydrogen) atoms. The van der Waals surface area contributed by atoms with E-state index in [-0.39, 0.29) is 0 Å². The summed E-state index contributed by atoms with van der Waals surface area (Å²) in [7, 11) is 0. The van der Waals surface area contributed by atoms with E-state index in [0.717, 1.165) is 68.1 Å². The van der Waals surface area contributed by atoms with Gasteiger partial charge in [-0.1, -0.05) is 106 Å². The first kappa shape index (κ1) is 26.1. The summed E-state index contributed by atoms with van der Waals surface area (Å²) in [5.74, 6) is 1.60. The van der Waals surface area contributed by atoms with E-state index in [0.29, 0.717) is 0 Å². The molecule has 0 spiro atoms. The molecule has 2 aromatic heterocycles. The molecule has 0 aliphatic carbocycles. The summed E-state index contributed by atoms with van der Waals surface area (Å²) in [5.41, 5.74) is 9.17. The van der Waals surface area contributed by atoms with Crippen LogP contribution in [0.2, 0.25) is 0 Å². The topological polar surface area (TPSA) is 35.6 Å². The van der Waals surface area contributed by atoms with Crippen LogP contribution in [0.4, 0.5) is 0 Å². The molecule has 0 radical (unpaired) electrons. The molecule has 194 valence electrons. The van der Waals surface area contributed by atoms with Gasteiger partial charge < -0.3 is 0 Å². The molecule has 5 aromatic rings. The van der Waals surface area contributed by atoms with E-state index >= 15 is 0 Å². The molecule has 0 atom stereocenters. The Morgan fingerprint density at radius 1 is 0.550 bits per heavy atom. The minimum Gasteiger partial charge on any atom is -0.293 e. The molecule has 0 amide bonds. The third-order valence-electron chi connectivity index (χ3n) is 6.81. The second kappa shape index (κ2) is 11.1. The first-order valence-corrected chi connectivity index (χ1v) is 12.9. The van der Waals surface area contributed by atoms with Crippen molar-refractivity contribution in [2.45, 2.75) is 0 Å². The second-order valence-corrected chi connectivity index (χ2v) is 9.08. The quantitative estimate of drug-likeness (QED) is 0.173. The molecule has 0 unspecified atom stereocenters. The first-order valence-electron chi connectivity index (χ1n) is 12.9. The van der Waals surface area contributed by atoms with Gasteiger partial charge in [-0.3, -0.25) is 9.13 Å². The zero-order valence-corrected chi connectivity index (χ0v) is 22.4. The molecule has 0 saturated heterocycles. The fraction of sp³-hybridized carbons (Fsp3) is 0. The van der Waals surface area contributed by atoms with Gasteiger partial charge in [-0.15, -0.1) is 0 Å².